The third-order valence-corrected chi connectivity index (χ3v) is 2.61. The smallest absolute Gasteiger partial charge is 0.234 e. The number of ether oxygens (including phenoxy) is 2. The fraction of sp³-hybridized carbons (Fsp3) is 0.364. The van der Waals surface area contributed by atoms with Crippen LogP contribution >= 0.6 is 11.6 Å². The number of halogens is 1. The fourth-order valence-corrected chi connectivity index (χ4v) is 1.83. The van der Waals surface area contributed by atoms with E-state index in [1.54, 1.807) is 12.1 Å². The second-order valence-corrected chi connectivity index (χ2v) is 3.99. The Kier molecular flexibility index (Phi) is 3.71. The maximum atomic E-state index is 11.0. The molecule has 6 heteroatoms. The third kappa shape index (κ3) is 2.81. The Balaban J connectivity index is 2.13. The van der Waals surface area contributed by atoms with Crippen LogP contribution in [0.15, 0.2) is 12.1 Å². The second-order valence-electron chi connectivity index (χ2n) is 3.58. The van der Waals surface area contributed by atoms with Crippen LogP contribution in [0, 0.1) is 0 Å². The number of carbonyl (C=O) groups is 1. The van der Waals surface area contributed by atoms with Crippen LogP contribution in [-0.4, -0.2) is 25.7 Å². The molecule has 92 valence electrons. The number of nitrogens with one attached hydrogen (secondary N) is 1. The molecule has 0 atom stereocenters. The monoisotopic (exact) mass is 256 g/mol. The van der Waals surface area contributed by atoms with Crippen LogP contribution < -0.4 is 20.5 Å². The predicted molar refractivity (Wildman–Crippen MR) is 63.3 cm³/mol. The van der Waals surface area contributed by atoms with Crippen LogP contribution in [0.1, 0.15) is 5.56 Å². The first-order valence-electron chi connectivity index (χ1n) is 5.25. The van der Waals surface area contributed by atoms with Crippen LogP contribution in [0.4, 0.5) is 0 Å². The highest BCUT2D eigenvalue weighted by molar-refractivity contribution is 6.32. The van der Waals surface area contributed by atoms with E-state index in [0.717, 1.165) is 5.56 Å². The molecule has 1 aliphatic heterocycles. The van der Waals surface area contributed by atoms with Crippen molar-refractivity contribution in [3.05, 3.63) is 22.7 Å². The molecule has 0 unspecified atom stereocenters. The summed E-state index contributed by atoms with van der Waals surface area (Å²) in [4.78, 5) is 11.0. The van der Waals surface area contributed by atoms with E-state index in [2.05, 4.69) is 5.32 Å². The van der Waals surface area contributed by atoms with Crippen molar-refractivity contribution in [3.63, 3.8) is 0 Å². The Morgan fingerprint density at radius 1 is 1.41 bits per heavy atom. The molecule has 0 aromatic heterocycles. The van der Waals surface area contributed by atoms with E-state index in [0.29, 0.717) is 36.3 Å². The number of carbonyl (C=O) groups excluding carboxylic acids is 1. The Bertz CT molecular complexity index is 437. The maximum absolute atomic E-state index is 11.0. The van der Waals surface area contributed by atoms with Gasteiger partial charge in [-0.25, -0.2) is 0 Å². The molecule has 1 amide bonds. The number of amides is 1. The van der Waals surface area contributed by atoms with Gasteiger partial charge in [-0.3, -0.25) is 4.79 Å². The highest BCUT2D eigenvalue weighted by Crippen LogP contribution is 2.38. The van der Waals surface area contributed by atoms with Gasteiger partial charge in [-0.1, -0.05) is 11.6 Å². The van der Waals surface area contributed by atoms with E-state index in [4.69, 9.17) is 26.8 Å². The summed E-state index contributed by atoms with van der Waals surface area (Å²) >= 11 is 6.05. The Labute approximate surface area is 104 Å². The van der Waals surface area contributed by atoms with Crippen molar-refractivity contribution >= 4 is 17.5 Å². The Morgan fingerprint density at radius 2 is 2.18 bits per heavy atom. The van der Waals surface area contributed by atoms with Gasteiger partial charge in [0.15, 0.2) is 11.5 Å². The summed E-state index contributed by atoms with van der Waals surface area (Å²) in [7, 11) is 0. The SMILES string of the molecule is NCC(=O)NCc1cc(Cl)c2c(c1)OCCO2. The summed E-state index contributed by atoms with van der Waals surface area (Å²) in [6.45, 7) is 1.34. The summed E-state index contributed by atoms with van der Waals surface area (Å²) in [6.07, 6.45) is 0. The van der Waals surface area contributed by atoms with Gasteiger partial charge in [-0.05, 0) is 17.7 Å². The molecule has 1 heterocycles. The lowest BCUT2D eigenvalue weighted by atomic mass is 10.2. The van der Waals surface area contributed by atoms with Gasteiger partial charge in [0, 0.05) is 6.54 Å². The minimum Gasteiger partial charge on any atom is -0.486 e. The van der Waals surface area contributed by atoms with Crippen molar-refractivity contribution in [2.45, 2.75) is 6.54 Å². The molecule has 0 saturated heterocycles. The van der Waals surface area contributed by atoms with E-state index in [1.165, 1.54) is 0 Å². The van der Waals surface area contributed by atoms with E-state index >= 15 is 0 Å². The molecule has 2 rings (SSSR count). The molecule has 17 heavy (non-hydrogen) atoms. The van der Waals surface area contributed by atoms with Crippen molar-refractivity contribution < 1.29 is 14.3 Å². The first-order chi connectivity index (χ1) is 8.20. The lowest BCUT2D eigenvalue weighted by Gasteiger charge is -2.20. The predicted octanol–water partition coefficient (Wildman–Crippen LogP) is 0.686. The summed E-state index contributed by atoms with van der Waals surface area (Å²) in [5.41, 5.74) is 6.04. The first kappa shape index (κ1) is 12.0. The normalized spacial score (nSPS) is 13.3. The molecule has 0 saturated carbocycles. The van der Waals surface area contributed by atoms with Crippen molar-refractivity contribution in [1.82, 2.24) is 5.32 Å². The van der Waals surface area contributed by atoms with Crippen LogP contribution in [0.2, 0.25) is 5.02 Å². The highest BCUT2D eigenvalue weighted by atomic mass is 35.5. The van der Waals surface area contributed by atoms with Gasteiger partial charge < -0.3 is 20.5 Å². The van der Waals surface area contributed by atoms with Crippen molar-refractivity contribution in [2.75, 3.05) is 19.8 Å². The molecule has 3 N–H and O–H groups in total. The van der Waals surface area contributed by atoms with Gasteiger partial charge in [-0.2, -0.15) is 0 Å². The number of nitrogens with two attached hydrogens (primary N) is 1. The van der Waals surface area contributed by atoms with Gasteiger partial charge in [0.25, 0.3) is 0 Å². The van der Waals surface area contributed by atoms with Crippen molar-refractivity contribution in [3.8, 4) is 11.5 Å². The van der Waals surface area contributed by atoms with Gasteiger partial charge in [0.1, 0.15) is 13.2 Å². The molecule has 0 bridgehead atoms. The second kappa shape index (κ2) is 5.25. The highest BCUT2D eigenvalue weighted by Gasteiger charge is 2.16. The molecule has 5 nitrogen and oxygen atoms in total. The van der Waals surface area contributed by atoms with E-state index in [9.17, 15) is 4.79 Å². The largest absolute Gasteiger partial charge is 0.486 e. The average molecular weight is 257 g/mol. The summed E-state index contributed by atoms with van der Waals surface area (Å²) in [5.74, 6) is 0.962. The van der Waals surface area contributed by atoms with Gasteiger partial charge in [-0.15, -0.1) is 0 Å². The third-order valence-electron chi connectivity index (χ3n) is 2.33. The minimum atomic E-state index is -0.212. The standard InChI is InChI=1S/C11H13ClN2O3/c12-8-3-7(6-14-10(15)5-13)4-9-11(8)17-2-1-16-9/h3-4H,1-2,5-6,13H2,(H,14,15). The molecule has 1 aromatic rings. The molecule has 1 aromatic carbocycles. The summed E-state index contributed by atoms with van der Waals surface area (Å²) in [6, 6.07) is 3.54. The molecular weight excluding hydrogens is 244 g/mol. The zero-order chi connectivity index (χ0) is 12.3. The van der Waals surface area contributed by atoms with Crippen molar-refractivity contribution in [1.29, 1.82) is 0 Å². The quantitative estimate of drug-likeness (QED) is 0.834. The first-order valence-corrected chi connectivity index (χ1v) is 5.63. The molecule has 0 aliphatic carbocycles. The summed E-state index contributed by atoms with van der Waals surface area (Å²) in [5, 5.41) is 3.15. The van der Waals surface area contributed by atoms with Crippen molar-refractivity contribution in [2.24, 2.45) is 5.73 Å². The van der Waals surface area contributed by atoms with E-state index in [-0.39, 0.29) is 12.5 Å². The van der Waals surface area contributed by atoms with Crippen LogP contribution in [-0.2, 0) is 11.3 Å². The molecule has 0 radical (unpaired) electrons. The lowest BCUT2D eigenvalue weighted by molar-refractivity contribution is -0.119. The Morgan fingerprint density at radius 3 is 2.94 bits per heavy atom. The zero-order valence-electron chi connectivity index (χ0n) is 9.16. The molecule has 0 fully saturated rings. The molecule has 1 aliphatic rings. The lowest BCUT2D eigenvalue weighted by Crippen LogP contribution is -2.29. The minimum absolute atomic E-state index is 0.0295. The van der Waals surface area contributed by atoms with Gasteiger partial charge >= 0.3 is 0 Å². The summed E-state index contributed by atoms with van der Waals surface area (Å²) < 4.78 is 10.8. The number of hydrogen-bond donors (Lipinski definition) is 2. The van der Waals surface area contributed by atoms with Gasteiger partial charge in [0.2, 0.25) is 5.91 Å². The maximum Gasteiger partial charge on any atom is 0.234 e. The average Bonchev–Trinajstić information content (AvgIpc) is 2.36. The molecular formula is C11H13ClN2O3. The van der Waals surface area contributed by atoms with E-state index < -0.39 is 0 Å². The Hall–Kier alpha value is -1.46. The topological polar surface area (TPSA) is 73.6 Å². The van der Waals surface area contributed by atoms with Gasteiger partial charge in [0.05, 0.1) is 11.6 Å². The molecule has 0 spiro atoms. The number of benzene rings is 1. The zero-order valence-corrected chi connectivity index (χ0v) is 9.92. The van der Waals surface area contributed by atoms with E-state index in [1.807, 2.05) is 0 Å². The number of hydrogen-bond acceptors (Lipinski definition) is 4. The fourth-order valence-electron chi connectivity index (χ4n) is 1.54. The number of fused-ring (bicyclic) bond motifs is 1. The van der Waals surface area contributed by atoms with Crippen LogP contribution in [0.3, 0.4) is 0 Å². The number of rotatable bonds is 3. The van der Waals surface area contributed by atoms with Crippen LogP contribution in [0.5, 0.6) is 11.5 Å². The van der Waals surface area contributed by atoms with Crippen LogP contribution in [0.25, 0.3) is 0 Å².